The summed E-state index contributed by atoms with van der Waals surface area (Å²) in [4.78, 5) is 8.31. The number of hydrogen-bond acceptors (Lipinski definition) is 3. The van der Waals surface area contributed by atoms with E-state index in [1.165, 1.54) is 0 Å². The highest BCUT2D eigenvalue weighted by Crippen LogP contribution is 1.47. The third-order valence-electron chi connectivity index (χ3n) is 0. The smallest absolute Gasteiger partial charge is 0.194 e. The average molecular weight is 139 g/mol. The molecule has 0 N–H and O–H groups in total. The Morgan fingerprint density at radius 1 is 1.50 bits per heavy atom. The SMILES string of the molecule is CS(C)=O.C[N+](=O)[O-]. The lowest BCUT2D eigenvalue weighted by Gasteiger charge is -1.63. The van der Waals surface area contributed by atoms with Crippen molar-refractivity contribution in [1.29, 1.82) is 0 Å². The minimum Gasteiger partial charge on any atom is -0.265 e. The van der Waals surface area contributed by atoms with Gasteiger partial charge in [0.05, 0.1) is 0 Å². The molecule has 50 valence electrons. The predicted molar refractivity (Wildman–Crippen MR) is 32.9 cm³/mol. The molecular weight excluding hydrogens is 130 g/mol. The van der Waals surface area contributed by atoms with E-state index in [0.717, 1.165) is 7.05 Å². The molecule has 4 nitrogen and oxygen atoms in total. The van der Waals surface area contributed by atoms with E-state index >= 15 is 0 Å². The quantitative estimate of drug-likeness (QED) is 0.347. The zero-order valence-corrected chi connectivity index (χ0v) is 5.90. The molecule has 0 unspecified atom stereocenters. The highest BCUT2D eigenvalue weighted by atomic mass is 32.2. The van der Waals surface area contributed by atoms with E-state index in [1.807, 2.05) is 0 Å². The second-order valence-corrected chi connectivity index (χ2v) is 2.66. The molecule has 0 spiro atoms. The Morgan fingerprint density at radius 2 is 1.50 bits per heavy atom. The molecule has 0 atom stereocenters. The van der Waals surface area contributed by atoms with Crippen molar-refractivity contribution < 1.29 is 9.13 Å². The topological polar surface area (TPSA) is 60.2 Å². The molecule has 0 rings (SSSR count). The van der Waals surface area contributed by atoms with Gasteiger partial charge in [0.2, 0.25) is 0 Å². The molecule has 0 saturated carbocycles. The van der Waals surface area contributed by atoms with Crippen LogP contribution in [0.5, 0.6) is 0 Å². The van der Waals surface area contributed by atoms with Gasteiger partial charge in [-0.3, -0.25) is 14.3 Å². The molecule has 0 radical (unpaired) electrons. The Hall–Kier alpha value is -0.450. The summed E-state index contributed by atoms with van der Waals surface area (Å²) in [5, 5.41) is 8.81. The summed E-state index contributed by atoms with van der Waals surface area (Å²) >= 11 is 0. The van der Waals surface area contributed by atoms with Gasteiger partial charge in [-0.05, 0) is 0 Å². The van der Waals surface area contributed by atoms with E-state index < -0.39 is 15.7 Å². The first-order valence-corrected chi connectivity index (χ1v) is 3.76. The molecule has 5 heteroatoms. The van der Waals surface area contributed by atoms with Crippen molar-refractivity contribution in [3.63, 3.8) is 0 Å². The fourth-order valence-electron chi connectivity index (χ4n) is 0. The maximum atomic E-state index is 9.56. The first-order chi connectivity index (χ1) is 3.46. The lowest BCUT2D eigenvalue weighted by atomic mass is 11.5. The van der Waals surface area contributed by atoms with Gasteiger partial charge in [0.1, 0.15) is 0 Å². The fraction of sp³-hybridized carbons (Fsp3) is 1.00. The van der Waals surface area contributed by atoms with E-state index in [-0.39, 0.29) is 0 Å². The van der Waals surface area contributed by atoms with Crippen LogP contribution >= 0.6 is 0 Å². The van der Waals surface area contributed by atoms with Crippen LogP contribution in [0.2, 0.25) is 0 Å². The number of rotatable bonds is 0. The lowest BCUT2D eigenvalue weighted by molar-refractivity contribution is -0.445. The van der Waals surface area contributed by atoms with Crippen LogP contribution in [0, 0.1) is 10.1 Å². The van der Waals surface area contributed by atoms with E-state index in [0.29, 0.717) is 0 Å². The number of nitro groups is 1. The first-order valence-electron chi connectivity index (χ1n) is 1.80. The summed E-state index contributed by atoms with van der Waals surface area (Å²) in [6.07, 6.45) is 3.28. The minimum absolute atomic E-state index is 0.500. The van der Waals surface area contributed by atoms with Gasteiger partial charge in [-0.1, -0.05) is 0 Å². The Balaban J connectivity index is 0. The predicted octanol–water partition coefficient (Wildman–Crippen LogP) is -0.112. The van der Waals surface area contributed by atoms with Gasteiger partial charge in [-0.25, -0.2) is 0 Å². The van der Waals surface area contributed by atoms with Crippen molar-refractivity contribution in [2.24, 2.45) is 0 Å². The van der Waals surface area contributed by atoms with Gasteiger partial charge in [-0.2, -0.15) is 0 Å². The number of nitrogens with zero attached hydrogens (tertiary/aromatic N) is 1. The molecule has 0 saturated heterocycles. The van der Waals surface area contributed by atoms with Gasteiger partial charge >= 0.3 is 0 Å². The van der Waals surface area contributed by atoms with Crippen molar-refractivity contribution in [2.45, 2.75) is 0 Å². The summed E-state index contributed by atoms with van der Waals surface area (Å²) in [6.45, 7) is 0. The first kappa shape index (κ1) is 10.5. The van der Waals surface area contributed by atoms with Gasteiger partial charge < -0.3 is 0 Å². The molecule has 0 aliphatic carbocycles. The van der Waals surface area contributed by atoms with E-state index in [4.69, 9.17) is 10.1 Å². The maximum Gasteiger partial charge on any atom is 0.194 e. The molecule has 0 amide bonds. The Bertz CT molecular complexity index is 72.5. The molecule has 0 heterocycles. The normalized spacial score (nSPS) is 7.50. The molecule has 8 heavy (non-hydrogen) atoms. The number of hydrogen-bond donors (Lipinski definition) is 0. The highest BCUT2D eigenvalue weighted by Gasteiger charge is 1.57. The van der Waals surface area contributed by atoms with Gasteiger partial charge in [0.25, 0.3) is 0 Å². The summed E-state index contributed by atoms with van der Waals surface area (Å²) in [5.74, 6) is 0. The van der Waals surface area contributed by atoms with Crippen molar-refractivity contribution in [2.75, 3.05) is 19.6 Å². The summed E-state index contributed by atoms with van der Waals surface area (Å²) < 4.78 is 9.56. The molecule has 0 aliphatic rings. The van der Waals surface area contributed by atoms with Crippen molar-refractivity contribution in [3.8, 4) is 0 Å². The molecule has 0 aliphatic heterocycles. The second-order valence-electron chi connectivity index (χ2n) is 1.18. The third kappa shape index (κ3) is 567. The van der Waals surface area contributed by atoms with Crippen LogP contribution < -0.4 is 0 Å². The van der Waals surface area contributed by atoms with Crippen LogP contribution in [0.3, 0.4) is 0 Å². The van der Waals surface area contributed by atoms with Crippen LogP contribution in [-0.2, 0) is 10.8 Å². The maximum absolute atomic E-state index is 9.56. The zero-order valence-electron chi connectivity index (χ0n) is 5.08. The summed E-state index contributed by atoms with van der Waals surface area (Å²) in [5.41, 5.74) is 0. The van der Waals surface area contributed by atoms with Crippen molar-refractivity contribution >= 4 is 10.8 Å². The van der Waals surface area contributed by atoms with Crippen LogP contribution in [0.15, 0.2) is 0 Å². The van der Waals surface area contributed by atoms with E-state index in [1.54, 1.807) is 12.5 Å². The third-order valence-corrected chi connectivity index (χ3v) is 0. The van der Waals surface area contributed by atoms with Gasteiger partial charge in [-0.15, -0.1) is 0 Å². The Kier molecular flexibility index (Phi) is 8.61. The standard InChI is InChI=1S/C2H6OS.CH3NO2/c1-4(2)3;1-2(3)4/h1-2H3;1H3. The second kappa shape index (κ2) is 6.55. The average Bonchev–Trinajstić information content (AvgIpc) is 1.25. The summed E-state index contributed by atoms with van der Waals surface area (Å²) in [6, 6.07) is 0. The lowest BCUT2D eigenvalue weighted by Crippen LogP contribution is -1.79. The largest absolute Gasteiger partial charge is 0.265 e. The molecular formula is C3H9NO3S. The van der Waals surface area contributed by atoms with Crippen LogP contribution in [0.4, 0.5) is 0 Å². The van der Waals surface area contributed by atoms with Gasteiger partial charge in [0.15, 0.2) is 7.05 Å². The fourth-order valence-corrected chi connectivity index (χ4v) is 0. The molecule has 0 aromatic heterocycles. The Labute approximate surface area is 50.5 Å². The molecule has 0 fully saturated rings. The van der Waals surface area contributed by atoms with Crippen LogP contribution in [0.1, 0.15) is 0 Å². The summed E-state index contributed by atoms with van der Waals surface area (Å²) in [7, 11) is 0.278. The molecule has 0 aromatic carbocycles. The van der Waals surface area contributed by atoms with Gasteiger partial charge in [0, 0.05) is 28.2 Å². The molecule has 0 bridgehead atoms. The molecule has 0 aromatic rings. The van der Waals surface area contributed by atoms with Crippen LogP contribution in [0.25, 0.3) is 0 Å². The Morgan fingerprint density at radius 3 is 1.50 bits per heavy atom. The monoisotopic (exact) mass is 139 g/mol. The highest BCUT2D eigenvalue weighted by molar-refractivity contribution is 7.83. The van der Waals surface area contributed by atoms with Crippen molar-refractivity contribution in [1.82, 2.24) is 0 Å². The van der Waals surface area contributed by atoms with Crippen LogP contribution in [-0.4, -0.2) is 28.7 Å². The van der Waals surface area contributed by atoms with Crippen molar-refractivity contribution in [3.05, 3.63) is 10.1 Å². The van der Waals surface area contributed by atoms with E-state index in [9.17, 15) is 4.21 Å². The zero-order chi connectivity index (χ0) is 7.15. The van der Waals surface area contributed by atoms with E-state index in [2.05, 4.69) is 0 Å². The minimum atomic E-state index is -0.611.